The van der Waals surface area contributed by atoms with Crippen molar-refractivity contribution in [3.63, 3.8) is 0 Å². The molecule has 4 heteroatoms. The number of nitrogens with two attached hydrogens (primary N) is 1. The SMILES string of the molecule is CN1CCCCC1CCOc1ccc(F)cc1N. The molecule has 1 saturated heterocycles. The maximum Gasteiger partial charge on any atom is 0.142 e. The van der Waals surface area contributed by atoms with Gasteiger partial charge in [0.15, 0.2) is 0 Å². The molecule has 0 radical (unpaired) electrons. The van der Waals surface area contributed by atoms with E-state index in [2.05, 4.69) is 11.9 Å². The number of likely N-dealkylation sites (tertiary alicyclic amines) is 1. The fourth-order valence-electron chi connectivity index (χ4n) is 2.46. The summed E-state index contributed by atoms with van der Waals surface area (Å²) < 4.78 is 18.5. The van der Waals surface area contributed by atoms with Gasteiger partial charge < -0.3 is 15.4 Å². The van der Waals surface area contributed by atoms with Crippen LogP contribution in [0.1, 0.15) is 25.7 Å². The Kier molecular flexibility index (Phi) is 4.42. The second-order valence-electron chi connectivity index (χ2n) is 4.95. The van der Waals surface area contributed by atoms with Gasteiger partial charge in [0.25, 0.3) is 0 Å². The van der Waals surface area contributed by atoms with E-state index in [1.165, 1.54) is 37.9 Å². The predicted molar refractivity (Wildman–Crippen MR) is 71.2 cm³/mol. The Morgan fingerprint density at radius 3 is 3.00 bits per heavy atom. The zero-order chi connectivity index (χ0) is 13.0. The minimum Gasteiger partial charge on any atom is -0.491 e. The summed E-state index contributed by atoms with van der Waals surface area (Å²) >= 11 is 0. The molecule has 3 nitrogen and oxygen atoms in total. The van der Waals surface area contributed by atoms with Gasteiger partial charge in [0.05, 0.1) is 12.3 Å². The smallest absolute Gasteiger partial charge is 0.142 e. The summed E-state index contributed by atoms with van der Waals surface area (Å²) in [7, 11) is 2.16. The number of hydrogen-bond acceptors (Lipinski definition) is 3. The van der Waals surface area contributed by atoms with E-state index in [0.29, 0.717) is 24.1 Å². The third-order valence-corrected chi connectivity index (χ3v) is 3.60. The van der Waals surface area contributed by atoms with Crippen molar-refractivity contribution in [1.82, 2.24) is 4.90 Å². The van der Waals surface area contributed by atoms with E-state index in [1.54, 1.807) is 6.07 Å². The Morgan fingerprint density at radius 1 is 1.44 bits per heavy atom. The molecule has 1 atom stereocenters. The zero-order valence-corrected chi connectivity index (χ0v) is 10.9. The van der Waals surface area contributed by atoms with Crippen LogP contribution in [-0.4, -0.2) is 31.1 Å². The van der Waals surface area contributed by atoms with E-state index in [0.717, 1.165) is 6.42 Å². The number of piperidine rings is 1. The van der Waals surface area contributed by atoms with E-state index in [4.69, 9.17) is 10.5 Å². The lowest BCUT2D eigenvalue weighted by molar-refractivity contribution is 0.153. The molecule has 1 aromatic carbocycles. The van der Waals surface area contributed by atoms with Crippen molar-refractivity contribution in [1.29, 1.82) is 0 Å². The molecular formula is C14H21FN2O. The Bertz CT molecular complexity index is 397. The van der Waals surface area contributed by atoms with Gasteiger partial charge in [-0.15, -0.1) is 0 Å². The average molecular weight is 252 g/mol. The second kappa shape index (κ2) is 6.05. The van der Waals surface area contributed by atoms with Crippen molar-refractivity contribution in [2.45, 2.75) is 31.7 Å². The molecule has 2 N–H and O–H groups in total. The predicted octanol–water partition coefficient (Wildman–Crippen LogP) is 2.66. The Balaban J connectivity index is 1.81. The molecular weight excluding hydrogens is 231 g/mol. The van der Waals surface area contributed by atoms with Crippen molar-refractivity contribution in [3.05, 3.63) is 24.0 Å². The van der Waals surface area contributed by atoms with E-state index < -0.39 is 0 Å². The van der Waals surface area contributed by atoms with Crippen LogP contribution in [0.4, 0.5) is 10.1 Å². The molecule has 18 heavy (non-hydrogen) atoms. The van der Waals surface area contributed by atoms with Crippen LogP contribution in [-0.2, 0) is 0 Å². The lowest BCUT2D eigenvalue weighted by Gasteiger charge is -2.32. The first-order valence-electron chi connectivity index (χ1n) is 6.55. The average Bonchev–Trinajstić information content (AvgIpc) is 2.34. The number of hydrogen-bond donors (Lipinski definition) is 1. The minimum absolute atomic E-state index is 0.327. The highest BCUT2D eigenvalue weighted by Gasteiger charge is 2.18. The Morgan fingerprint density at radius 2 is 2.28 bits per heavy atom. The summed E-state index contributed by atoms with van der Waals surface area (Å²) in [5.74, 6) is 0.252. The maximum atomic E-state index is 12.9. The molecule has 100 valence electrons. The van der Waals surface area contributed by atoms with Gasteiger partial charge in [0.2, 0.25) is 0 Å². The maximum absolute atomic E-state index is 12.9. The van der Waals surface area contributed by atoms with Gasteiger partial charge in [-0.3, -0.25) is 0 Å². The van der Waals surface area contributed by atoms with Crippen molar-refractivity contribution in [2.75, 3.05) is 25.9 Å². The van der Waals surface area contributed by atoms with Crippen LogP contribution in [0.25, 0.3) is 0 Å². The third-order valence-electron chi connectivity index (χ3n) is 3.60. The lowest BCUT2D eigenvalue weighted by atomic mass is 10.0. The molecule has 1 aliphatic heterocycles. The lowest BCUT2D eigenvalue weighted by Crippen LogP contribution is -2.37. The summed E-state index contributed by atoms with van der Waals surface area (Å²) in [6.07, 6.45) is 4.82. The van der Waals surface area contributed by atoms with Gasteiger partial charge in [-0.1, -0.05) is 6.42 Å². The first kappa shape index (κ1) is 13.1. The van der Waals surface area contributed by atoms with Gasteiger partial charge in [0, 0.05) is 12.1 Å². The Hall–Kier alpha value is -1.29. The number of ether oxygens (including phenoxy) is 1. The summed E-state index contributed by atoms with van der Waals surface area (Å²) in [6, 6.07) is 4.86. The molecule has 0 saturated carbocycles. The summed E-state index contributed by atoms with van der Waals surface area (Å²) in [5.41, 5.74) is 6.06. The van der Waals surface area contributed by atoms with E-state index in [-0.39, 0.29) is 5.82 Å². The van der Waals surface area contributed by atoms with Crippen LogP contribution in [0, 0.1) is 5.82 Å². The quantitative estimate of drug-likeness (QED) is 0.837. The monoisotopic (exact) mass is 252 g/mol. The van der Waals surface area contributed by atoms with Gasteiger partial charge >= 0.3 is 0 Å². The van der Waals surface area contributed by atoms with Crippen LogP contribution >= 0.6 is 0 Å². The fourth-order valence-corrected chi connectivity index (χ4v) is 2.46. The number of nitrogen functional groups attached to an aromatic ring is 1. The van der Waals surface area contributed by atoms with Crippen LogP contribution in [0.3, 0.4) is 0 Å². The molecule has 1 aliphatic rings. The molecule has 1 fully saturated rings. The Labute approximate surface area is 108 Å². The largest absolute Gasteiger partial charge is 0.491 e. The number of benzene rings is 1. The van der Waals surface area contributed by atoms with Gasteiger partial charge in [-0.25, -0.2) is 4.39 Å². The highest BCUT2D eigenvalue weighted by atomic mass is 19.1. The van der Waals surface area contributed by atoms with E-state index in [9.17, 15) is 4.39 Å². The number of halogens is 1. The molecule has 2 rings (SSSR count). The molecule has 0 aliphatic carbocycles. The highest BCUT2D eigenvalue weighted by Crippen LogP contribution is 2.23. The summed E-state index contributed by atoms with van der Waals surface area (Å²) in [5, 5.41) is 0. The first-order chi connectivity index (χ1) is 8.66. The highest BCUT2D eigenvalue weighted by molar-refractivity contribution is 5.52. The molecule has 0 bridgehead atoms. The van der Waals surface area contributed by atoms with Crippen LogP contribution in [0.2, 0.25) is 0 Å². The van der Waals surface area contributed by atoms with Gasteiger partial charge in [-0.2, -0.15) is 0 Å². The standard InChI is InChI=1S/C14H21FN2O/c1-17-8-3-2-4-12(17)7-9-18-14-6-5-11(15)10-13(14)16/h5-6,10,12H,2-4,7-9,16H2,1H3. The third kappa shape index (κ3) is 3.35. The summed E-state index contributed by atoms with van der Waals surface area (Å²) in [4.78, 5) is 2.39. The van der Waals surface area contributed by atoms with Crippen molar-refractivity contribution in [2.24, 2.45) is 0 Å². The van der Waals surface area contributed by atoms with Crippen LogP contribution in [0.5, 0.6) is 5.75 Å². The normalized spacial score (nSPS) is 20.9. The number of rotatable bonds is 4. The van der Waals surface area contributed by atoms with Gasteiger partial charge in [-0.05, 0) is 45.0 Å². The van der Waals surface area contributed by atoms with Crippen LogP contribution in [0.15, 0.2) is 18.2 Å². The van der Waals surface area contributed by atoms with Crippen molar-refractivity contribution < 1.29 is 9.13 Å². The molecule has 1 aromatic rings. The van der Waals surface area contributed by atoms with Crippen molar-refractivity contribution >= 4 is 5.69 Å². The zero-order valence-electron chi connectivity index (χ0n) is 10.9. The number of anilines is 1. The molecule has 0 aromatic heterocycles. The summed E-state index contributed by atoms with van der Waals surface area (Å²) in [6.45, 7) is 1.80. The van der Waals surface area contributed by atoms with E-state index >= 15 is 0 Å². The molecule has 0 amide bonds. The number of nitrogens with zero attached hydrogens (tertiary/aromatic N) is 1. The first-order valence-corrected chi connectivity index (χ1v) is 6.55. The van der Waals surface area contributed by atoms with Crippen molar-refractivity contribution in [3.8, 4) is 5.75 Å². The van der Waals surface area contributed by atoms with Crippen LogP contribution < -0.4 is 10.5 Å². The molecule has 1 heterocycles. The van der Waals surface area contributed by atoms with Gasteiger partial charge in [0.1, 0.15) is 11.6 Å². The topological polar surface area (TPSA) is 38.5 Å². The van der Waals surface area contributed by atoms with E-state index in [1.807, 2.05) is 0 Å². The minimum atomic E-state index is -0.327. The fraction of sp³-hybridized carbons (Fsp3) is 0.571. The second-order valence-corrected chi connectivity index (χ2v) is 4.95. The molecule has 1 unspecified atom stereocenters. The molecule has 0 spiro atoms.